The predicted octanol–water partition coefficient (Wildman–Crippen LogP) is 4.08. The summed E-state index contributed by atoms with van der Waals surface area (Å²) in [6.45, 7) is 10.8. The molecule has 2 heterocycles. The van der Waals surface area contributed by atoms with Gasteiger partial charge in [-0.05, 0) is 70.4 Å². The smallest absolute Gasteiger partial charge is 0.253 e. The monoisotopic (exact) mass is 357 g/mol. The average Bonchev–Trinajstić information content (AvgIpc) is 3.18. The van der Waals surface area contributed by atoms with Crippen molar-refractivity contribution in [3.8, 4) is 0 Å². The highest BCUT2D eigenvalue weighted by Crippen LogP contribution is 2.24. The van der Waals surface area contributed by atoms with Crippen LogP contribution in [0.4, 0.5) is 10.1 Å². The summed E-state index contributed by atoms with van der Waals surface area (Å²) in [5.74, 6) is 0.207. The van der Waals surface area contributed by atoms with Crippen molar-refractivity contribution in [2.45, 2.75) is 40.2 Å². The summed E-state index contributed by atoms with van der Waals surface area (Å²) in [6.07, 6.45) is 1.03. The summed E-state index contributed by atoms with van der Waals surface area (Å²) in [4.78, 5) is 14.9. The highest BCUT2D eigenvalue weighted by Gasteiger charge is 2.24. The third-order valence-corrected chi connectivity index (χ3v) is 5.27. The highest BCUT2D eigenvalue weighted by atomic mass is 19.1. The number of nitrogens with one attached hydrogen (secondary N) is 1. The van der Waals surface area contributed by atoms with Crippen LogP contribution in [0.5, 0.6) is 0 Å². The summed E-state index contributed by atoms with van der Waals surface area (Å²) < 4.78 is 15.3. The van der Waals surface area contributed by atoms with E-state index in [1.54, 1.807) is 0 Å². The normalized spacial score (nSPS) is 17.2. The Labute approximate surface area is 155 Å². The molecular weight excluding hydrogens is 329 g/mol. The number of aromatic nitrogens is 1. The lowest BCUT2D eigenvalue weighted by molar-refractivity contribution is 0.0947. The molecule has 0 saturated carbocycles. The number of rotatable bonds is 5. The van der Waals surface area contributed by atoms with Gasteiger partial charge >= 0.3 is 0 Å². The number of anilines is 1. The minimum Gasteiger partial charge on any atom is -0.371 e. The second kappa shape index (κ2) is 7.52. The van der Waals surface area contributed by atoms with E-state index in [9.17, 15) is 9.18 Å². The molecule has 1 fully saturated rings. The van der Waals surface area contributed by atoms with Gasteiger partial charge in [-0.25, -0.2) is 4.39 Å². The number of carbonyl (C=O) groups excluding carboxylic acids is 1. The van der Waals surface area contributed by atoms with Crippen LogP contribution < -0.4 is 10.2 Å². The zero-order valence-corrected chi connectivity index (χ0v) is 16.1. The van der Waals surface area contributed by atoms with Gasteiger partial charge in [-0.15, -0.1) is 0 Å². The predicted molar refractivity (Wildman–Crippen MR) is 103 cm³/mol. The fourth-order valence-electron chi connectivity index (χ4n) is 4.02. The molecule has 0 spiro atoms. The number of hydrogen-bond donors (Lipinski definition) is 1. The Morgan fingerprint density at radius 2 is 1.96 bits per heavy atom. The molecule has 4 nitrogen and oxygen atoms in total. The maximum Gasteiger partial charge on any atom is 0.253 e. The van der Waals surface area contributed by atoms with Crippen molar-refractivity contribution in [3.05, 3.63) is 53.1 Å². The van der Waals surface area contributed by atoms with Crippen molar-refractivity contribution < 1.29 is 9.18 Å². The molecule has 26 heavy (non-hydrogen) atoms. The van der Waals surface area contributed by atoms with Crippen LogP contribution in [0.3, 0.4) is 0 Å². The van der Waals surface area contributed by atoms with Gasteiger partial charge in [0.05, 0.1) is 5.56 Å². The standard InChI is InChI=1S/C21H28FN3O/c1-14(2)25-15(3)11-20(16(25)4)21(26)23-12-17-9-10-24(13-17)19-7-5-18(22)6-8-19/h5-8,11,14,17H,9-10,12-13H2,1-4H3,(H,23,26). The van der Waals surface area contributed by atoms with Gasteiger partial charge in [0.2, 0.25) is 0 Å². The van der Waals surface area contributed by atoms with Gasteiger partial charge in [-0.2, -0.15) is 0 Å². The van der Waals surface area contributed by atoms with Crippen LogP contribution in [0, 0.1) is 25.6 Å². The Hall–Kier alpha value is -2.30. The molecule has 1 aromatic carbocycles. The summed E-state index contributed by atoms with van der Waals surface area (Å²) in [6, 6.07) is 8.94. The first-order chi connectivity index (χ1) is 12.4. The second-order valence-electron chi connectivity index (χ2n) is 7.54. The van der Waals surface area contributed by atoms with E-state index in [0.29, 0.717) is 18.5 Å². The maximum absolute atomic E-state index is 13.1. The van der Waals surface area contributed by atoms with E-state index in [1.165, 1.54) is 12.1 Å². The molecule has 1 amide bonds. The summed E-state index contributed by atoms with van der Waals surface area (Å²) >= 11 is 0. The zero-order chi connectivity index (χ0) is 18.8. The molecule has 2 aromatic rings. The third kappa shape index (κ3) is 3.76. The Morgan fingerprint density at radius 1 is 1.27 bits per heavy atom. The van der Waals surface area contributed by atoms with Crippen molar-refractivity contribution in [1.29, 1.82) is 0 Å². The van der Waals surface area contributed by atoms with Crippen molar-refractivity contribution in [1.82, 2.24) is 9.88 Å². The Morgan fingerprint density at radius 3 is 2.58 bits per heavy atom. The number of halogens is 1. The topological polar surface area (TPSA) is 37.3 Å². The Bertz CT molecular complexity index is 779. The second-order valence-corrected chi connectivity index (χ2v) is 7.54. The number of carbonyl (C=O) groups is 1. The third-order valence-electron chi connectivity index (χ3n) is 5.27. The van der Waals surface area contributed by atoms with Crippen LogP contribution in [0.2, 0.25) is 0 Å². The first kappa shape index (κ1) is 18.5. The molecule has 1 unspecified atom stereocenters. The number of benzene rings is 1. The van der Waals surface area contributed by atoms with E-state index in [0.717, 1.165) is 42.1 Å². The molecule has 0 bridgehead atoms. The molecule has 1 aliphatic rings. The van der Waals surface area contributed by atoms with Gasteiger partial charge in [-0.1, -0.05) is 0 Å². The van der Waals surface area contributed by atoms with Crippen molar-refractivity contribution in [2.24, 2.45) is 5.92 Å². The lowest BCUT2D eigenvalue weighted by Gasteiger charge is -2.19. The maximum atomic E-state index is 13.1. The SMILES string of the molecule is Cc1cc(C(=O)NCC2CCN(c3ccc(F)cc3)C2)c(C)n1C(C)C. The Balaban J connectivity index is 1.57. The highest BCUT2D eigenvalue weighted by molar-refractivity contribution is 5.95. The number of amides is 1. The van der Waals surface area contributed by atoms with Gasteiger partial charge in [0.1, 0.15) is 5.82 Å². The average molecular weight is 357 g/mol. The number of hydrogen-bond acceptors (Lipinski definition) is 2. The molecule has 1 N–H and O–H groups in total. The van der Waals surface area contributed by atoms with E-state index in [-0.39, 0.29) is 11.7 Å². The van der Waals surface area contributed by atoms with Crippen molar-refractivity contribution in [3.63, 3.8) is 0 Å². The quantitative estimate of drug-likeness (QED) is 0.875. The lowest BCUT2D eigenvalue weighted by Crippen LogP contribution is -2.31. The molecule has 1 saturated heterocycles. The molecule has 0 aliphatic carbocycles. The molecular formula is C21H28FN3O. The van der Waals surface area contributed by atoms with Crippen LogP contribution in [0.1, 0.15) is 48.1 Å². The molecule has 1 aliphatic heterocycles. The van der Waals surface area contributed by atoms with E-state index in [1.807, 2.05) is 32.0 Å². The molecule has 5 heteroatoms. The van der Waals surface area contributed by atoms with Crippen molar-refractivity contribution in [2.75, 3.05) is 24.5 Å². The van der Waals surface area contributed by atoms with Crippen LogP contribution in [-0.2, 0) is 0 Å². The number of aryl methyl sites for hydroxylation is 1. The lowest BCUT2D eigenvalue weighted by atomic mass is 10.1. The fraction of sp³-hybridized carbons (Fsp3) is 0.476. The molecule has 140 valence electrons. The molecule has 0 radical (unpaired) electrons. The molecule has 3 rings (SSSR count). The zero-order valence-electron chi connectivity index (χ0n) is 16.1. The summed E-state index contributed by atoms with van der Waals surface area (Å²) in [5, 5.41) is 3.10. The Kier molecular flexibility index (Phi) is 5.35. The van der Waals surface area contributed by atoms with Crippen LogP contribution >= 0.6 is 0 Å². The first-order valence-electron chi connectivity index (χ1n) is 9.34. The molecule has 1 atom stereocenters. The van der Waals surface area contributed by atoms with Crippen LogP contribution in [-0.4, -0.2) is 30.1 Å². The van der Waals surface area contributed by atoms with E-state index >= 15 is 0 Å². The van der Waals surface area contributed by atoms with Gasteiger partial charge in [0.25, 0.3) is 5.91 Å². The summed E-state index contributed by atoms with van der Waals surface area (Å²) in [7, 11) is 0. The minimum atomic E-state index is -0.212. The van der Waals surface area contributed by atoms with Gasteiger partial charge in [0, 0.05) is 42.8 Å². The van der Waals surface area contributed by atoms with Crippen molar-refractivity contribution >= 4 is 11.6 Å². The molecule has 1 aromatic heterocycles. The van der Waals surface area contributed by atoms with Crippen LogP contribution in [0.25, 0.3) is 0 Å². The van der Waals surface area contributed by atoms with Gasteiger partial charge in [0.15, 0.2) is 0 Å². The van der Waals surface area contributed by atoms with Gasteiger partial charge in [-0.3, -0.25) is 4.79 Å². The van der Waals surface area contributed by atoms with E-state index in [2.05, 4.69) is 28.6 Å². The van der Waals surface area contributed by atoms with Gasteiger partial charge < -0.3 is 14.8 Å². The number of nitrogens with zero attached hydrogens (tertiary/aromatic N) is 2. The van der Waals surface area contributed by atoms with Crippen LogP contribution in [0.15, 0.2) is 30.3 Å². The fourth-order valence-corrected chi connectivity index (χ4v) is 4.02. The minimum absolute atomic E-state index is 0.00484. The summed E-state index contributed by atoms with van der Waals surface area (Å²) in [5.41, 5.74) is 3.95. The van der Waals surface area contributed by atoms with E-state index < -0.39 is 0 Å². The largest absolute Gasteiger partial charge is 0.371 e. The van der Waals surface area contributed by atoms with E-state index in [4.69, 9.17) is 0 Å². The first-order valence-corrected chi connectivity index (χ1v) is 9.34.